The van der Waals surface area contributed by atoms with E-state index in [4.69, 9.17) is 20.4 Å². The summed E-state index contributed by atoms with van der Waals surface area (Å²) in [5, 5.41) is 14.4. The Morgan fingerprint density at radius 2 is 1.64 bits per heavy atom. The van der Waals surface area contributed by atoms with Crippen molar-refractivity contribution in [2.24, 2.45) is 0 Å². The van der Waals surface area contributed by atoms with Gasteiger partial charge in [0.25, 0.3) is 0 Å². The van der Waals surface area contributed by atoms with Crippen LogP contribution >= 0.6 is 11.6 Å². The molecule has 1 atom stereocenters. The normalized spacial score (nSPS) is 12.1. The lowest BCUT2D eigenvalue weighted by atomic mass is 9.98. The molecule has 39 heavy (non-hydrogen) atoms. The molecule has 0 saturated carbocycles. The summed E-state index contributed by atoms with van der Waals surface area (Å²) in [6, 6.07) is 19.3. The van der Waals surface area contributed by atoms with Crippen LogP contribution in [0.2, 0.25) is 5.02 Å². The Morgan fingerprint density at radius 3 is 2.33 bits per heavy atom. The molecule has 0 aliphatic heterocycles. The Labute approximate surface area is 229 Å². The van der Waals surface area contributed by atoms with Crippen molar-refractivity contribution in [2.75, 3.05) is 0 Å². The molecule has 8 heteroatoms. The van der Waals surface area contributed by atoms with Crippen LogP contribution in [0.1, 0.15) is 28.9 Å². The predicted molar refractivity (Wildman–Crippen MR) is 150 cm³/mol. The standard InChI is InChI=1S/C31H26ClNO6/c1-17-22(12-13-28(34)33-25(30(35)36)14-19-8-10-21(32)11-9-19)31(37)39-26-16-27-24(15-23(17)26)29(18(2)38-27)20-6-4-3-5-7-20/h3-11,15-16,25H,12-14H2,1-2H3,(H,33,34)(H,35,36)/t25-/m1/s1. The van der Waals surface area contributed by atoms with Gasteiger partial charge in [0.15, 0.2) is 0 Å². The zero-order chi connectivity index (χ0) is 27.7. The number of rotatable bonds is 8. The number of furan rings is 1. The summed E-state index contributed by atoms with van der Waals surface area (Å²) in [5.74, 6) is -0.856. The Morgan fingerprint density at radius 1 is 0.949 bits per heavy atom. The highest BCUT2D eigenvalue weighted by Gasteiger charge is 2.22. The van der Waals surface area contributed by atoms with Crippen molar-refractivity contribution in [2.45, 2.75) is 39.2 Å². The summed E-state index contributed by atoms with van der Waals surface area (Å²) >= 11 is 5.90. The van der Waals surface area contributed by atoms with E-state index in [0.717, 1.165) is 33.2 Å². The molecule has 198 valence electrons. The summed E-state index contributed by atoms with van der Waals surface area (Å²) in [6.45, 7) is 3.73. The highest BCUT2D eigenvalue weighted by atomic mass is 35.5. The van der Waals surface area contributed by atoms with Crippen LogP contribution in [0.15, 0.2) is 80.4 Å². The van der Waals surface area contributed by atoms with Crippen molar-refractivity contribution in [3.8, 4) is 11.1 Å². The number of hydrogen-bond donors (Lipinski definition) is 2. The van der Waals surface area contributed by atoms with Gasteiger partial charge < -0.3 is 19.3 Å². The largest absolute Gasteiger partial charge is 0.480 e. The van der Waals surface area contributed by atoms with E-state index in [1.165, 1.54) is 0 Å². The smallest absolute Gasteiger partial charge is 0.339 e. The molecule has 7 nitrogen and oxygen atoms in total. The first-order valence-corrected chi connectivity index (χ1v) is 12.9. The summed E-state index contributed by atoms with van der Waals surface area (Å²) in [7, 11) is 0. The highest BCUT2D eigenvalue weighted by Crippen LogP contribution is 2.37. The van der Waals surface area contributed by atoms with Crippen LogP contribution in [0.25, 0.3) is 33.1 Å². The van der Waals surface area contributed by atoms with E-state index in [0.29, 0.717) is 27.3 Å². The molecule has 5 aromatic rings. The maximum Gasteiger partial charge on any atom is 0.339 e. The number of aryl methyl sites for hydroxylation is 2. The van der Waals surface area contributed by atoms with Gasteiger partial charge in [0.1, 0.15) is 23.0 Å². The minimum Gasteiger partial charge on any atom is -0.480 e. The number of amides is 1. The maximum absolute atomic E-state index is 12.9. The fourth-order valence-electron chi connectivity index (χ4n) is 4.92. The van der Waals surface area contributed by atoms with E-state index in [1.54, 1.807) is 30.3 Å². The maximum atomic E-state index is 12.9. The molecule has 0 unspecified atom stereocenters. The van der Waals surface area contributed by atoms with Crippen LogP contribution in [0.5, 0.6) is 0 Å². The minimum absolute atomic E-state index is 0.0656. The first-order valence-electron chi connectivity index (χ1n) is 12.5. The topological polar surface area (TPSA) is 110 Å². The van der Waals surface area contributed by atoms with Crippen molar-refractivity contribution in [1.29, 1.82) is 0 Å². The number of carboxylic acids is 1. The van der Waals surface area contributed by atoms with Gasteiger partial charge in [-0.25, -0.2) is 9.59 Å². The van der Waals surface area contributed by atoms with Gasteiger partial charge in [0.05, 0.1) is 0 Å². The summed E-state index contributed by atoms with van der Waals surface area (Å²) in [5.41, 5.74) is 4.30. The number of aliphatic carboxylic acids is 1. The van der Waals surface area contributed by atoms with Crippen molar-refractivity contribution < 1.29 is 23.5 Å². The molecule has 1 amide bonds. The molecule has 2 aromatic heterocycles. The zero-order valence-electron chi connectivity index (χ0n) is 21.4. The molecule has 2 heterocycles. The number of carboxylic acid groups (broad SMARTS) is 1. The lowest BCUT2D eigenvalue weighted by Gasteiger charge is -2.15. The number of nitrogens with one attached hydrogen (secondary N) is 1. The molecule has 0 radical (unpaired) electrons. The second-order valence-electron chi connectivity index (χ2n) is 9.53. The average molecular weight is 544 g/mol. The first kappa shape index (κ1) is 26.3. The number of halogens is 1. The van der Waals surface area contributed by atoms with E-state index in [9.17, 15) is 19.5 Å². The lowest BCUT2D eigenvalue weighted by Crippen LogP contribution is -2.42. The van der Waals surface area contributed by atoms with Gasteiger partial charge in [-0.05, 0) is 55.2 Å². The first-order chi connectivity index (χ1) is 18.7. The van der Waals surface area contributed by atoms with Crippen molar-refractivity contribution in [3.63, 3.8) is 0 Å². The lowest BCUT2D eigenvalue weighted by molar-refractivity contribution is -0.141. The SMILES string of the molecule is Cc1oc2cc3oc(=O)c(CCC(=O)N[C@H](Cc4ccc(Cl)cc4)C(=O)O)c(C)c3cc2c1-c1ccccc1. The minimum atomic E-state index is -1.15. The van der Waals surface area contributed by atoms with Crippen molar-refractivity contribution in [1.82, 2.24) is 5.32 Å². The van der Waals surface area contributed by atoms with Gasteiger partial charge in [0, 0.05) is 45.8 Å². The van der Waals surface area contributed by atoms with Crippen LogP contribution in [0, 0.1) is 13.8 Å². The van der Waals surface area contributed by atoms with Gasteiger partial charge in [-0.15, -0.1) is 0 Å². The number of fused-ring (bicyclic) bond motifs is 2. The molecular formula is C31H26ClNO6. The molecule has 0 aliphatic rings. The molecule has 3 aromatic carbocycles. The monoisotopic (exact) mass is 543 g/mol. The molecule has 5 rings (SSSR count). The molecule has 0 aliphatic carbocycles. The Hall–Kier alpha value is -4.36. The Bertz CT molecular complexity index is 1750. The van der Waals surface area contributed by atoms with E-state index in [-0.39, 0.29) is 19.3 Å². The second-order valence-corrected chi connectivity index (χ2v) is 9.96. The van der Waals surface area contributed by atoms with Gasteiger partial charge in [-0.3, -0.25) is 4.79 Å². The number of hydrogen-bond acceptors (Lipinski definition) is 5. The number of carbonyl (C=O) groups excluding carboxylic acids is 1. The van der Waals surface area contributed by atoms with Crippen molar-refractivity contribution >= 4 is 45.4 Å². The molecule has 0 saturated heterocycles. The number of carbonyl (C=O) groups is 2. The molecular weight excluding hydrogens is 518 g/mol. The third kappa shape index (κ3) is 5.45. The predicted octanol–water partition coefficient (Wildman–Crippen LogP) is 6.22. The van der Waals surface area contributed by atoms with Gasteiger partial charge in [-0.1, -0.05) is 54.1 Å². The van der Waals surface area contributed by atoms with E-state index in [1.807, 2.05) is 50.2 Å². The van der Waals surface area contributed by atoms with Crippen LogP contribution in [-0.2, 0) is 22.4 Å². The van der Waals surface area contributed by atoms with Gasteiger partial charge >= 0.3 is 11.6 Å². The molecule has 0 spiro atoms. The Kier molecular flexibility index (Phi) is 7.26. The fourth-order valence-corrected chi connectivity index (χ4v) is 5.04. The third-order valence-electron chi connectivity index (χ3n) is 6.92. The zero-order valence-corrected chi connectivity index (χ0v) is 22.2. The van der Waals surface area contributed by atoms with Gasteiger partial charge in [0.2, 0.25) is 5.91 Å². The number of benzene rings is 3. The summed E-state index contributed by atoms with van der Waals surface area (Å²) in [4.78, 5) is 37.3. The summed E-state index contributed by atoms with van der Waals surface area (Å²) < 4.78 is 11.6. The molecule has 0 fully saturated rings. The highest BCUT2D eigenvalue weighted by molar-refractivity contribution is 6.30. The van der Waals surface area contributed by atoms with Crippen LogP contribution in [0.3, 0.4) is 0 Å². The van der Waals surface area contributed by atoms with E-state index >= 15 is 0 Å². The second kappa shape index (κ2) is 10.8. The molecule has 2 N–H and O–H groups in total. The van der Waals surface area contributed by atoms with E-state index < -0.39 is 23.5 Å². The van der Waals surface area contributed by atoms with Crippen LogP contribution in [0.4, 0.5) is 0 Å². The Balaban J connectivity index is 1.40. The van der Waals surface area contributed by atoms with Crippen LogP contribution in [-0.4, -0.2) is 23.0 Å². The quantitative estimate of drug-likeness (QED) is 0.225. The average Bonchev–Trinajstić information content (AvgIpc) is 3.23. The van der Waals surface area contributed by atoms with Crippen molar-refractivity contribution in [3.05, 3.63) is 105 Å². The van der Waals surface area contributed by atoms with Crippen LogP contribution < -0.4 is 10.9 Å². The summed E-state index contributed by atoms with van der Waals surface area (Å²) in [6.07, 6.45) is 0.153. The fraction of sp³-hybridized carbons (Fsp3) is 0.194. The van der Waals surface area contributed by atoms with E-state index in [2.05, 4.69) is 5.32 Å². The van der Waals surface area contributed by atoms with Gasteiger partial charge in [-0.2, -0.15) is 0 Å². The molecule has 0 bridgehead atoms. The third-order valence-corrected chi connectivity index (χ3v) is 7.17.